The first-order chi connectivity index (χ1) is 22.5. The van der Waals surface area contributed by atoms with Crippen molar-refractivity contribution in [2.24, 2.45) is 0 Å². The number of ether oxygens (including phenoxy) is 4. The number of carbonyl (C=O) groups excluding carboxylic acids is 1. The van der Waals surface area contributed by atoms with E-state index in [0.29, 0.717) is 32.7 Å². The predicted octanol–water partition coefficient (Wildman–Crippen LogP) is 5.41. The Morgan fingerprint density at radius 2 is 1.83 bits per heavy atom. The first kappa shape index (κ1) is 34.7. The average Bonchev–Trinajstić information content (AvgIpc) is 3.53. The zero-order valence-corrected chi connectivity index (χ0v) is 28.8. The molecule has 3 heterocycles. The van der Waals surface area contributed by atoms with E-state index in [2.05, 4.69) is 65.3 Å². The van der Waals surface area contributed by atoms with Crippen molar-refractivity contribution >= 4 is 33.3 Å². The third-order valence-electron chi connectivity index (χ3n) is 9.41. The first-order valence-corrected chi connectivity index (χ1v) is 17.7. The quantitative estimate of drug-likeness (QED) is 0.142. The Kier molecular flexibility index (Phi) is 13.2. The van der Waals surface area contributed by atoms with Gasteiger partial charge < -0.3 is 33.6 Å². The molecule has 0 N–H and O–H groups in total. The largest absolute Gasteiger partial charge is 0.381 e. The van der Waals surface area contributed by atoms with Crippen LogP contribution in [0.3, 0.4) is 0 Å². The highest BCUT2D eigenvalue weighted by Crippen LogP contribution is 2.35. The van der Waals surface area contributed by atoms with Gasteiger partial charge >= 0.3 is 0 Å². The maximum Gasteiger partial charge on any atom is 0.225 e. The number of aromatic nitrogens is 1. The van der Waals surface area contributed by atoms with Crippen LogP contribution < -0.4 is 4.90 Å². The van der Waals surface area contributed by atoms with Gasteiger partial charge in [0.2, 0.25) is 5.91 Å². The Hall–Kier alpha value is -2.60. The molecule has 2 fully saturated rings. The minimum Gasteiger partial charge on any atom is -0.381 e. The molecule has 0 bridgehead atoms. The maximum absolute atomic E-state index is 12.8. The van der Waals surface area contributed by atoms with Gasteiger partial charge in [-0.25, -0.2) is 0 Å². The number of fused-ring (bicyclic) bond motifs is 1. The topological polar surface area (TPSA) is 76.6 Å². The zero-order chi connectivity index (χ0) is 32.2. The molecule has 3 aromatic rings. The van der Waals surface area contributed by atoms with Gasteiger partial charge in [-0.2, -0.15) is 4.37 Å². The van der Waals surface area contributed by atoms with Crippen molar-refractivity contribution in [1.82, 2.24) is 14.2 Å². The highest BCUT2D eigenvalue weighted by Gasteiger charge is 2.40. The normalized spacial score (nSPS) is 16.9. The molecular formula is C36H52N4O5S. The number of rotatable bonds is 17. The molecule has 0 saturated carbocycles. The number of benzene rings is 2. The fourth-order valence-electron chi connectivity index (χ4n) is 6.54. The van der Waals surface area contributed by atoms with Gasteiger partial charge in [0, 0.05) is 58.9 Å². The Bertz CT molecular complexity index is 1360. The van der Waals surface area contributed by atoms with Gasteiger partial charge in [0.15, 0.2) is 6.29 Å². The third-order valence-corrected chi connectivity index (χ3v) is 10.2. The Labute approximate surface area is 278 Å². The first-order valence-electron chi connectivity index (χ1n) is 17.0. The molecule has 5 rings (SSSR count). The van der Waals surface area contributed by atoms with Crippen molar-refractivity contribution in [3.63, 3.8) is 0 Å². The number of likely N-dealkylation sites (tertiary alicyclic amines) is 1. The lowest BCUT2D eigenvalue weighted by Crippen LogP contribution is -2.57. The fourth-order valence-corrected chi connectivity index (χ4v) is 7.34. The minimum atomic E-state index is -0.409. The molecule has 46 heavy (non-hydrogen) atoms. The van der Waals surface area contributed by atoms with Gasteiger partial charge in [-0.1, -0.05) is 49.7 Å². The van der Waals surface area contributed by atoms with Crippen molar-refractivity contribution in [3.8, 4) is 0 Å². The molecule has 2 aliphatic rings. The molecule has 0 unspecified atom stereocenters. The monoisotopic (exact) mass is 652 g/mol. The fraction of sp³-hybridized carbons (Fsp3) is 0.611. The number of hydrogen-bond acceptors (Lipinski definition) is 9. The van der Waals surface area contributed by atoms with Gasteiger partial charge in [-0.3, -0.25) is 4.79 Å². The molecule has 252 valence electrons. The number of carbonyl (C=O) groups is 1. The Balaban J connectivity index is 1.01. The lowest BCUT2D eigenvalue weighted by Gasteiger charge is -2.47. The van der Waals surface area contributed by atoms with Crippen LogP contribution in [0.15, 0.2) is 48.5 Å². The van der Waals surface area contributed by atoms with E-state index in [-0.39, 0.29) is 11.5 Å². The number of morpholine rings is 1. The van der Waals surface area contributed by atoms with Crippen molar-refractivity contribution in [2.75, 3.05) is 84.8 Å². The second-order valence-electron chi connectivity index (χ2n) is 12.6. The van der Waals surface area contributed by atoms with E-state index in [1.54, 1.807) is 25.8 Å². The van der Waals surface area contributed by atoms with Crippen LogP contribution in [0.1, 0.15) is 50.2 Å². The van der Waals surface area contributed by atoms with Crippen molar-refractivity contribution in [3.05, 3.63) is 59.7 Å². The summed E-state index contributed by atoms with van der Waals surface area (Å²) in [6, 6.07) is 17.4. The van der Waals surface area contributed by atoms with E-state index < -0.39 is 6.29 Å². The number of amides is 1. The maximum atomic E-state index is 12.8. The minimum absolute atomic E-state index is 0.0753. The van der Waals surface area contributed by atoms with E-state index in [4.69, 9.17) is 23.3 Å². The molecule has 0 radical (unpaired) electrons. The van der Waals surface area contributed by atoms with Crippen LogP contribution in [0, 0.1) is 0 Å². The lowest BCUT2D eigenvalue weighted by atomic mass is 9.89. The summed E-state index contributed by atoms with van der Waals surface area (Å²) >= 11 is 1.59. The third kappa shape index (κ3) is 9.49. The molecule has 10 heteroatoms. The predicted molar refractivity (Wildman–Crippen MR) is 185 cm³/mol. The van der Waals surface area contributed by atoms with Gasteiger partial charge in [0.1, 0.15) is 5.82 Å². The van der Waals surface area contributed by atoms with Crippen LogP contribution >= 0.6 is 11.5 Å². The highest BCUT2D eigenvalue weighted by molar-refractivity contribution is 7.13. The van der Waals surface area contributed by atoms with Crippen molar-refractivity contribution < 1.29 is 23.7 Å². The van der Waals surface area contributed by atoms with Crippen LogP contribution in [0.2, 0.25) is 0 Å². The number of methoxy groups -OCH3 is 2. The number of nitrogens with zero attached hydrogens (tertiary/aromatic N) is 4. The zero-order valence-electron chi connectivity index (χ0n) is 28.0. The molecule has 2 saturated heterocycles. The molecule has 0 aliphatic carbocycles. The summed E-state index contributed by atoms with van der Waals surface area (Å²) in [7, 11) is 3.20. The van der Waals surface area contributed by atoms with Crippen molar-refractivity contribution in [1.29, 1.82) is 0 Å². The Morgan fingerprint density at radius 3 is 2.61 bits per heavy atom. The smallest absolute Gasteiger partial charge is 0.225 e. The number of hydrogen-bond donors (Lipinski definition) is 0. The highest BCUT2D eigenvalue weighted by atomic mass is 32.1. The SMILES string of the molecule is CCCCN(CC(OC)OC)C(=O)CCOCCc1cccc(CCN2CCC3(CC2)CN(c2nsc4ccccc24)CCO3)c1. The number of piperidine rings is 1. The van der Waals surface area contributed by atoms with Gasteiger partial charge in [-0.15, -0.1) is 0 Å². The van der Waals surface area contributed by atoms with Crippen LogP contribution in [0.5, 0.6) is 0 Å². The second-order valence-corrected chi connectivity index (χ2v) is 13.4. The van der Waals surface area contributed by atoms with Crippen LogP contribution in [0.4, 0.5) is 5.82 Å². The molecular weight excluding hydrogens is 600 g/mol. The number of anilines is 1. The molecule has 2 aliphatic heterocycles. The summed E-state index contributed by atoms with van der Waals surface area (Å²) in [5.74, 6) is 1.20. The summed E-state index contributed by atoms with van der Waals surface area (Å²) in [5, 5.41) is 1.26. The summed E-state index contributed by atoms with van der Waals surface area (Å²) < 4.78 is 29.0. The Morgan fingerprint density at radius 1 is 1.04 bits per heavy atom. The van der Waals surface area contributed by atoms with E-state index in [9.17, 15) is 4.79 Å². The van der Waals surface area contributed by atoms with Crippen LogP contribution in [0.25, 0.3) is 10.1 Å². The van der Waals surface area contributed by atoms with Crippen LogP contribution in [-0.2, 0) is 36.6 Å². The van der Waals surface area contributed by atoms with E-state index in [0.717, 1.165) is 83.7 Å². The van der Waals surface area contributed by atoms with Crippen LogP contribution in [-0.4, -0.2) is 112 Å². The molecule has 1 amide bonds. The van der Waals surface area contributed by atoms with Gasteiger partial charge in [0.05, 0.1) is 43.1 Å². The lowest BCUT2D eigenvalue weighted by molar-refractivity contribution is -0.146. The van der Waals surface area contributed by atoms with Gasteiger partial charge in [0.25, 0.3) is 0 Å². The average molecular weight is 653 g/mol. The van der Waals surface area contributed by atoms with Gasteiger partial charge in [-0.05, 0) is 66.9 Å². The summed E-state index contributed by atoms with van der Waals surface area (Å²) in [4.78, 5) is 19.7. The van der Waals surface area contributed by atoms with E-state index in [1.807, 2.05) is 4.90 Å². The second kappa shape index (κ2) is 17.5. The summed E-state index contributed by atoms with van der Waals surface area (Å²) in [6.07, 6.45) is 5.93. The standard InChI is InChI=1S/C36H52N4O5S/c1-4-5-18-39(27-34(42-2)43-3)33(41)15-24-44-23-14-30-10-8-9-29(26-30)13-19-38-20-16-36(17-21-38)28-40(22-25-45-36)35-31-11-6-7-12-32(31)46-37-35/h6-12,26,34H,4-5,13-25,27-28H2,1-3H3. The molecule has 9 nitrogen and oxygen atoms in total. The molecule has 0 atom stereocenters. The molecule has 1 spiro atoms. The summed E-state index contributed by atoms with van der Waals surface area (Å²) in [6.45, 7) is 10.1. The molecule has 2 aromatic carbocycles. The van der Waals surface area contributed by atoms with E-state index >= 15 is 0 Å². The van der Waals surface area contributed by atoms with Crippen molar-refractivity contribution in [2.45, 2.75) is 63.8 Å². The summed E-state index contributed by atoms with van der Waals surface area (Å²) in [5.41, 5.74) is 2.56. The number of unbranched alkanes of at least 4 members (excludes halogenated alkanes) is 1. The molecule has 1 aromatic heterocycles. The van der Waals surface area contributed by atoms with E-state index in [1.165, 1.54) is 21.2 Å².